The van der Waals surface area contributed by atoms with Gasteiger partial charge in [0.2, 0.25) is 0 Å². The Bertz CT molecular complexity index is 908. The number of rotatable bonds is 7. The number of pyridine rings is 1. The van der Waals surface area contributed by atoms with Gasteiger partial charge in [-0.3, -0.25) is 0 Å². The molecule has 1 heterocycles. The molecule has 3 N–H and O–H groups in total. The van der Waals surface area contributed by atoms with Crippen LogP contribution in [0.25, 0.3) is 0 Å². The van der Waals surface area contributed by atoms with Crippen LogP contribution in [-0.2, 0) is 6.61 Å². The molecule has 0 unspecified atom stereocenters. The van der Waals surface area contributed by atoms with Crippen LogP contribution in [0.5, 0.6) is 5.75 Å². The Morgan fingerprint density at radius 3 is 2.39 bits per heavy atom. The van der Waals surface area contributed by atoms with E-state index >= 15 is 0 Å². The zero-order valence-electron chi connectivity index (χ0n) is 15.4. The molecule has 1 fully saturated rings. The summed E-state index contributed by atoms with van der Waals surface area (Å²) >= 11 is 0. The first kappa shape index (κ1) is 17.9. The Morgan fingerprint density at radius 1 is 0.964 bits per heavy atom. The first-order chi connectivity index (χ1) is 13.7. The number of nitrogens with zero attached hydrogens (tertiary/aromatic N) is 1. The number of carbonyl (C=O) groups is 1. The zero-order valence-corrected chi connectivity index (χ0v) is 15.4. The summed E-state index contributed by atoms with van der Waals surface area (Å²) in [5.41, 5.74) is 2.70. The number of amides is 2. The average Bonchev–Trinajstić information content (AvgIpc) is 3.54. The maximum Gasteiger partial charge on any atom is 0.319 e. The van der Waals surface area contributed by atoms with Crippen molar-refractivity contribution in [1.29, 1.82) is 0 Å². The van der Waals surface area contributed by atoms with E-state index in [0.29, 0.717) is 24.2 Å². The molecule has 1 aliphatic rings. The van der Waals surface area contributed by atoms with Crippen molar-refractivity contribution in [3.8, 4) is 5.75 Å². The molecule has 1 aliphatic carbocycles. The number of hydrogen-bond acceptors (Lipinski definition) is 4. The summed E-state index contributed by atoms with van der Waals surface area (Å²) in [4.78, 5) is 16.1. The molecule has 0 atom stereocenters. The molecule has 0 aliphatic heterocycles. The lowest BCUT2D eigenvalue weighted by Crippen LogP contribution is -2.30. The van der Waals surface area contributed by atoms with E-state index in [1.165, 1.54) is 0 Å². The third-order valence-electron chi connectivity index (χ3n) is 4.31. The van der Waals surface area contributed by atoms with E-state index in [0.717, 1.165) is 29.8 Å². The second-order valence-corrected chi connectivity index (χ2v) is 6.73. The summed E-state index contributed by atoms with van der Waals surface area (Å²) in [5.74, 6) is 1.51. The van der Waals surface area contributed by atoms with E-state index in [9.17, 15) is 4.79 Å². The molecule has 2 amide bonds. The number of ether oxygens (including phenoxy) is 1. The molecule has 4 rings (SSSR count). The van der Waals surface area contributed by atoms with Crippen LogP contribution in [-0.4, -0.2) is 17.1 Å². The highest BCUT2D eigenvalue weighted by molar-refractivity contribution is 5.89. The molecular weight excluding hydrogens is 352 g/mol. The van der Waals surface area contributed by atoms with Gasteiger partial charge in [-0.1, -0.05) is 30.3 Å². The van der Waals surface area contributed by atoms with Crippen LogP contribution in [0.2, 0.25) is 0 Å². The quantitative estimate of drug-likeness (QED) is 0.561. The molecule has 142 valence electrons. The predicted octanol–water partition coefficient (Wildman–Crippen LogP) is 4.69. The van der Waals surface area contributed by atoms with Crippen LogP contribution in [0.1, 0.15) is 18.4 Å². The molecular formula is C22H22N4O2. The van der Waals surface area contributed by atoms with E-state index in [1.807, 2.05) is 66.7 Å². The van der Waals surface area contributed by atoms with Crippen molar-refractivity contribution < 1.29 is 9.53 Å². The Balaban J connectivity index is 1.28. The van der Waals surface area contributed by atoms with Gasteiger partial charge < -0.3 is 20.7 Å². The maximum absolute atomic E-state index is 11.7. The second kappa shape index (κ2) is 8.43. The van der Waals surface area contributed by atoms with Gasteiger partial charge in [-0.2, -0.15) is 0 Å². The third-order valence-corrected chi connectivity index (χ3v) is 4.31. The lowest BCUT2D eigenvalue weighted by molar-refractivity contribution is 0.251. The number of carbonyl (C=O) groups excluding carboxylic acids is 1. The van der Waals surface area contributed by atoms with Crippen molar-refractivity contribution >= 4 is 23.2 Å². The summed E-state index contributed by atoms with van der Waals surface area (Å²) < 4.78 is 5.79. The first-order valence-corrected chi connectivity index (χ1v) is 9.32. The van der Waals surface area contributed by atoms with Crippen molar-refractivity contribution in [2.45, 2.75) is 25.5 Å². The fourth-order valence-electron chi connectivity index (χ4n) is 2.65. The summed E-state index contributed by atoms with van der Waals surface area (Å²) in [6, 6.07) is 21.6. The van der Waals surface area contributed by atoms with Gasteiger partial charge in [0, 0.05) is 11.7 Å². The van der Waals surface area contributed by atoms with Gasteiger partial charge in [0.25, 0.3) is 0 Å². The van der Waals surface area contributed by atoms with E-state index < -0.39 is 0 Å². The highest BCUT2D eigenvalue weighted by Gasteiger charge is 2.23. The second-order valence-electron chi connectivity index (χ2n) is 6.73. The number of aromatic nitrogens is 1. The molecule has 6 heteroatoms. The largest absolute Gasteiger partial charge is 0.489 e. The van der Waals surface area contributed by atoms with Gasteiger partial charge in [0.05, 0.1) is 11.9 Å². The fraction of sp³-hybridized carbons (Fsp3) is 0.182. The summed E-state index contributed by atoms with van der Waals surface area (Å²) in [6.07, 6.45) is 3.75. The van der Waals surface area contributed by atoms with Gasteiger partial charge >= 0.3 is 6.03 Å². The van der Waals surface area contributed by atoms with E-state index in [4.69, 9.17) is 4.74 Å². The molecule has 28 heavy (non-hydrogen) atoms. The third kappa shape index (κ3) is 5.23. The molecule has 0 radical (unpaired) electrons. The molecule has 2 aromatic carbocycles. The number of urea groups is 1. The highest BCUT2D eigenvalue weighted by atomic mass is 16.5. The first-order valence-electron chi connectivity index (χ1n) is 9.32. The van der Waals surface area contributed by atoms with Gasteiger partial charge in [-0.25, -0.2) is 9.78 Å². The topological polar surface area (TPSA) is 75.3 Å². The molecule has 0 spiro atoms. The summed E-state index contributed by atoms with van der Waals surface area (Å²) in [6.45, 7) is 0.540. The smallest absolute Gasteiger partial charge is 0.319 e. The molecule has 0 bridgehead atoms. The summed E-state index contributed by atoms with van der Waals surface area (Å²) in [5, 5.41) is 8.89. The van der Waals surface area contributed by atoms with Gasteiger partial charge in [-0.15, -0.1) is 0 Å². The monoisotopic (exact) mass is 374 g/mol. The van der Waals surface area contributed by atoms with Gasteiger partial charge in [0.1, 0.15) is 18.2 Å². The SMILES string of the molecule is O=C(Nc1ccc(Nc2ccc(OCc3ccccc3)cc2)nc1)NC1CC1. The molecule has 6 nitrogen and oxygen atoms in total. The summed E-state index contributed by atoms with van der Waals surface area (Å²) in [7, 11) is 0. The number of nitrogens with one attached hydrogen (secondary N) is 3. The van der Waals surface area contributed by atoms with Gasteiger partial charge in [-0.05, 0) is 54.8 Å². The van der Waals surface area contributed by atoms with Crippen molar-refractivity contribution in [2.24, 2.45) is 0 Å². The molecule has 1 saturated carbocycles. The minimum absolute atomic E-state index is 0.184. The van der Waals surface area contributed by atoms with Crippen molar-refractivity contribution in [2.75, 3.05) is 10.6 Å². The van der Waals surface area contributed by atoms with Crippen LogP contribution >= 0.6 is 0 Å². The Hall–Kier alpha value is -3.54. The van der Waals surface area contributed by atoms with E-state index in [2.05, 4.69) is 20.9 Å². The van der Waals surface area contributed by atoms with Crippen LogP contribution in [0.4, 0.5) is 22.0 Å². The van der Waals surface area contributed by atoms with E-state index in [-0.39, 0.29) is 6.03 Å². The van der Waals surface area contributed by atoms with Crippen LogP contribution in [0, 0.1) is 0 Å². The Labute approximate surface area is 164 Å². The zero-order chi connectivity index (χ0) is 19.2. The van der Waals surface area contributed by atoms with Crippen molar-refractivity contribution in [1.82, 2.24) is 10.3 Å². The molecule has 0 saturated heterocycles. The fourth-order valence-corrected chi connectivity index (χ4v) is 2.65. The lowest BCUT2D eigenvalue weighted by atomic mass is 10.2. The van der Waals surface area contributed by atoms with E-state index in [1.54, 1.807) is 6.20 Å². The normalized spacial score (nSPS) is 12.9. The van der Waals surface area contributed by atoms with Crippen LogP contribution in [0.15, 0.2) is 72.9 Å². The van der Waals surface area contributed by atoms with Gasteiger partial charge in [0.15, 0.2) is 0 Å². The maximum atomic E-state index is 11.7. The minimum atomic E-state index is -0.184. The number of anilines is 3. The van der Waals surface area contributed by atoms with Crippen molar-refractivity contribution in [3.05, 3.63) is 78.5 Å². The average molecular weight is 374 g/mol. The number of benzene rings is 2. The standard InChI is InChI=1S/C22H22N4O2/c27-22(25-18-6-7-18)26-19-10-13-21(23-14-19)24-17-8-11-20(12-9-17)28-15-16-4-2-1-3-5-16/h1-5,8-14,18H,6-7,15H2,(H,23,24)(H2,25,26,27). The highest BCUT2D eigenvalue weighted by Crippen LogP contribution is 2.21. The van der Waals surface area contributed by atoms with Crippen molar-refractivity contribution in [3.63, 3.8) is 0 Å². The van der Waals surface area contributed by atoms with Crippen LogP contribution in [0.3, 0.4) is 0 Å². The van der Waals surface area contributed by atoms with Crippen LogP contribution < -0.4 is 20.7 Å². The Morgan fingerprint density at radius 2 is 1.71 bits per heavy atom. The lowest BCUT2D eigenvalue weighted by Gasteiger charge is -2.10. The molecule has 3 aromatic rings. The minimum Gasteiger partial charge on any atom is -0.489 e. The predicted molar refractivity (Wildman–Crippen MR) is 110 cm³/mol. The number of hydrogen-bond donors (Lipinski definition) is 3. The molecule has 1 aromatic heterocycles. The Kier molecular flexibility index (Phi) is 5.38.